The van der Waals surface area contributed by atoms with Crippen LogP contribution in [0.25, 0.3) is 110 Å². The summed E-state index contributed by atoms with van der Waals surface area (Å²) in [7, 11) is 0. The van der Waals surface area contributed by atoms with E-state index in [-0.39, 0.29) is 0 Å². The van der Waals surface area contributed by atoms with Crippen LogP contribution in [-0.2, 0) is 0 Å². The summed E-state index contributed by atoms with van der Waals surface area (Å²) in [5, 5.41) is 11.1. The first-order valence-electron chi connectivity index (χ1n) is 25.8. The van der Waals surface area contributed by atoms with Gasteiger partial charge in [-0.2, -0.15) is 0 Å². The number of aromatic nitrogens is 2. The maximum Gasteiger partial charge on any atom is 0.143 e. The summed E-state index contributed by atoms with van der Waals surface area (Å²) in [6.45, 7) is 0. The lowest BCUT2D eigenvalue weighted by atomic mass is 10.0. The number of hydrogen-bond acceptors (Lipinski definition) is 4. The average Bonchev–Trinajstić information content (AvgIpc) is 4.29. The van der Waals surface area contributed by atoms with Crippen LogP contribution in [0.4, 0.5) is 34.1 Å². The quantitative estimate of drug-likeness (QED) is 0.152. The zero-order valence-corrected chi connectivity index (χ0v) is 41.0. The molecule has 356 valence electrons. The highest BCUT2D eigenvalue weighted by atomic mass is 16.3. The highest BCUT2D eigenvalue weighted by Crippen LogP contribution is 2.46. The van der Waals surface area contributed by atoms with Crippen molar-refractivity contribution in [3.05, 3.63) is 267 Å². The van der Waals surface area contributed by atoms with Crippen molar-refractivity contribution >= 4 is 132 Å². The van der Waals surface area contributed by atoms with Crippen LogP contribution in [0, 0.1) is 0 Å². The Bertz CT molecular complexity index is 4620. The molecule has 0 aliphatic rings. The minimum absolute atomic E-state index is 0.832. The lowest BCUT2D eigenvalue weighted by Crippen LogP contribution is -2.09. The molecule has 0 spiro atoms. The van der Waals surface area contributed by atoms with Crippen LogP contribution < -0.4 is 9.80 Å². The molecule has 16 aromatic rings. The summed E-state index contributed by atoms with van der Waals surface area (Å²) in [6.07, 6.45) is 0. The van der Waals surface area contributed by atoms with E-state index < -0.39 is 0 Å². The third-order valence-electron chi connectivity index (χ3n) is 15.4. The Kier molecular flexibility index (Phi) is 9.23. The molecule has 0 amide bonds. The predicted octanol–water partition coefficient (Wildman–Crippen LogP) is 19.8. The van der Waals surface area contributed by atoms with E-state index >= 15 is 0 Å². The van der Waals surface area contributed by atoms with Gasteiger partial charge in [0.25, 0.3) is 0 Å². The summed E-state index contributed by atoms with van der Waals surface area (Å²) in [6, 6.07) is 95.5. The fourth-order valence-electron chi connectivity index (χ4n) is 12.1. The molecule has 4 heterocycles. The van der Waals surface area contributed by atoms with E-state index in [4.69, 9.17) is 8.83 Å². The van der Waals surface area contributed by atoms with Crippen molar-refractivity contribution in [1.29, 1.82) is 0 Å². The van der Waals surface area contributed by atoms with Gasteiger partial charge in [-0.05, 0) is 158 Å². The number of para-hydroxylation sites is 6. The molecule has 4 aromatic heterocycles. The molecular weight excluding hydrogens is 929 g/mol. The maximum atomic E-state index is 6.85. The number of rotatable bonds is 8. The highest BCUT2D eigenvalue weighted by Gasteiger charge is 2.23. The molecule has 0 radical (unpaired) electrons. The molecule has 16 rings (SSSR count). The van der Waals surface area contributed by atoms with E-state index in [2.05, 4.69) is 286 Å². The van der Waals surface area contributed by atoms with Crippen LogP contribution in [0.2, 0.25) is 0 Å². The Morgan fingerprint density at radius 2 is 0.539 bits per heavy atom. The number of anilines is 6. The monoisotopic (exact) mass is 972 g/mol. The summed E-state index contributed by atoms with van der Waals surface area (Å²) >= 11 is 0. The third kappa shape index (κ3) is 6.41. The van der Waals surface area contributed by atoms with Gasteiger partial charge in [0, 0.05) is 99.4 Å². The molecule has 76 heavy (non-hydrogen) atoms. The fraction of sp³-hybridized carbons (Fsp3) is 0. The van der Waals surface area contributed by atoms with Gasteiger partial charge in [0.1, 0.15) is 22.3 Å². The van der Waals surface area contributed by atoms with Crippen LogP contribution in [0.15, 0.2) is 276 Å². The van der Waals surface area contributed by atoms with Gasteiger partial charge in [-0.15, -0.1) is 0 Å². The summed E-state index contributed by atoms with van der Waals surface area (Å²) in [5.74, 6) is 0. The second-order valence-electron chi connectivity index (χ2n) is 19.7. The second-order valence-corrected chi connectivity index (χ2v) is 19.7. The smallest absolute Gasteiger partial charge is 0.143 e. The molecule has 0 atom stereocenters. The van der Waals surface area contributed by atoms with E-state index in [0.717, 1.165) is 100 Å². The summed E-state index contributed by atoms with van der Waals surface area (Å²) in [4.78, 5) is 4.70. The van der Waals surface area contributed by atoms with Gasteiger partial charge in [0.15, 0.2) is 0 Å². The minimum atomic E-state index is 0.832. The van der Waals surface area contributed by atoms with E-state index in [1.807, 2.05) is 0 Å². The SMILES string of the molecule is c1ccc(N(c2ccc3oc4c(ccc5c4ccc4c6cc(N(c7ccccc7)c7ccc8c(c7)c7ccccc7n8-c7ccccc7)ccc6oc45)c3c2)c2ccc3c(c2)c2ccccc2n3-c2ccccc2)cc1. The lowest BCUT2D eigenvalue weighted by Gasteiger charge is -2.25. The van der Waals surface area contributed by atoms with Crippen LogP contribution >= 0.6 is 0 Å². The number of fused-ring (bicyclic) bond motifs is 15. The molecule has 0 saturated carbocycles. The number of hydrogen-bond donors (Lipinski definition) is 0. The van der Waals surface area contributed by atoms with Crippen LogP contribution in [0.3, 0.4) is 0 Å². The summed E-state index contributed by atoms with van der Waals surface area (Å²) in [5.41, 5.74) is 16.7. The summed E-state index contributed by atoms with van der Waals surface area (Å²) < 4.78 is 18.4. The molecule has 0 bridgehead atoms. The van der Waals surface area contributed by atoms with Gasteiger partial charge >= 0.3 is 0 Å². The fourth-order valence-corrected chi connectivity index (χ4v) is 12.1. The van der Waals surface area contributed by atoms with Gasteiger partial charge in [-0.25, -0.2) is 0 Å². The molecule has 0 unspecified atom stereocenters. The molecule has 6 heteroatoms. The molecule has 12 aromatic carbocycles. The highest BCUT2D eigenvalue weighted by molar-refractivity contribution is 6.23. The van der Waals surface area contributed by atoms with Gasteiger partial charge in [-0.3, -0.25) is 0 Å². The van der Waals surface area contributed by atoms with E-state index in [0.29, 0.717) is 0 Å². The molecule has 0 aliphatic carbocycles. The Labute approximate surface area is 436 Å². The zero-order valence-electron chi connectivity index (χ0n) is 41.0. The standard InChI is InChI=1S/C70H44N4O2/c1-5-17-45(18-6-1)71(49-29-37-65-59(41-49)53-25-13-15-27-63(53)73(65)47-21-9-3-10-22-47)51-31-39-67-61(43-51)57-35-33-56-55(69(57)75-67)34-36-58-62-44-52(32-40-68(62)76-70(56)58)72(46-19-7-2-8-20-46)50-30-38-66-60(42-50)54-26-14-16-28-64(54)74(66)48-23-11-4-12-24-48/h1-44H. The van der Waals surface area contributed by atoms with Crippen molar-refractivity contribution in [1.82, 2.24) is 9.13 Å². The van der Waals surface area contributed by atoms with Crippen LogP contribution in [0.1, 0.15) is 0 Å². The van der Waals surface area contributed by atoms with Gasteiger partial charge in [-0.1, -0.05) is 109 Å². The molecular formula is C70H44N4O2. The predicted molar refractivity (Wildman–Crippen MR) is 317 cm³/mol. The zero-order chi connectivity index (χ0) is 49.8. The van der Waals surface area contributed by atoms with Crippen LogP contribution in [-0.4, -0.2) is 9.13 Å². The number of furan rings is 2. The van der Waals surface area contributed by atoms with Crippen molar-refractivity contribution in [3.8, 4) is 11.4 Å². The second kappa shape index (κ2) is 16.6. The molecule has 0 aliphatic heterocycles. The Morgan fingerprint density at radius 3 is 0.947 bits per heavy atom. The number of nitrogens with zero attached hydrogens (tertiary/aromatic N) is 4. The Hall–Kier alpha value is -10.3. The number of benzene rings is 12. The Morgan fingerprint density at radius 1 is 0.224 bits per heavy atom. The Balaban J connectivity index is 0.810. The normalized spacial score (nSPS) is 11.9. The molecule has 0 N–H and O–H groups in total. The van der Waals surface area contributed by atoms with Crippen molar-refractivity contribution < 1.29 is 8.83 Å². The van der Waals surface area contributed by atoms with Crippen molar-refractivity contribution in [2.75, 3.05) is 9.80 Å². The largest absolute Gasteiger partial charge is 0.455 e. The molecule has 6 nitrogen and oxygen atoms in total. The van der Waals surface area contributed by atoms with Crippen LogP contribution in [0.5, 0.6) is 0 Å². The van der Waals surface area contributed by atoms with E-state index in [1.165, 1.54) is 43.6 Å². The first kappa shape index (κ1) is 42.2. The first-order chi connectivity index (χ1) is 37.7. The van der Waals surface area contributed by atoms with E-state index in [9.17, 15) is 0 Å². The lowest BCUT2D eigenvalue weighted by molar-refractivity contribution is 0.669. The van der Waals surface area contributed by atoms with Gasteiger partial charge in [0.2, 0.25) is 0 Å². The molecule has 0 saturated heterocycles. The maximum absolute atomic E-state index is 6.85. The topological polar surface area (TPSA) is 42.6 Å². The van der Waals surface area contributed by atoms with Gasteiger partial charge in [0.05, 0.1) is 22.1 Å². The average molecular weight is 973 g/mol. The van der Waals surface area contributed by atoms with Crippen molar-refractivity contribution in [2.45, 2.75) is 0 Å². The molecule has 0 fully saturated rings. The van der Waals surface area contributed by atoms with Crippen molar-refractivity contribution in [3.63, 3.8) is 0 Å². The van der Waals surface area contributed by atoms with Crippen molar-refractivity contribution in [2.24, 2.45) is 0 Å². The minimum Gasteiger partial charge on any atom is -0.455 e. The third-order valence-corrected chi connectivity index (χ3v) is 15.4. The van der Waals surface area contributed by atoms with E-state index in [1.54, 1.807) is 0 Å². The first-order valence-corrected chi connectivity index (χ1v) is 25.8. The van der Waals surface area contributed by atoms with Gasteiger partial charge < -0.3 is 27.8 Å².